The summed E-state index contributed by atoms with van der Waals surface area (Å²) in [6.45, 7) is 5.22. The molecule has 6 nitrogen and oxygen atoms in total. The van der Waals surface area contributed by atoms with Crippen LogP contribution in [0, 0.1) is 5.92 Å². The Balaban J connectivity index is 1.35. The number of carbonyl (C=O) groups excluding carboxylic acids is 1. The molecule has 1 aromatic carbocycles. The van der Waals surface area contributed by atoms with Crippen LogP contribution in [0.1, 0.15) is 24.8 Å². The highest BCUT2D eigenvalue weighted by Crippen LogP contribution is 2.51. The van der Waals surface area contributed by atoms with E-state index in [9.17, 15) is 4.79 Å². The molecule has 2 heterocycles. The average Bonchev–Trinajstić information content (AvgIpc) is 3.51. The van der Waals surface area contributed by atoms with Crippen molar-refractivity contribution in [3.8, 4) is 5.88 Å². The molecule has 1 saturated carbocycles. The van der Waals surface area contributed by atoms with Gasteiger partial charge in [-0.3, -0.25) is 4.79 Å². The third-order valence-electron chi connectivity index (χ3n) is 5.27. The van der Waals surface area contributed by atoms with E-state index >= 15 is 0 Å². The Morgan fingerprint density at radius 1 is 1.21 bits per heavy atom. The molecule has 1 aromatic heterocycles. The summed E-state index contributed by atoms with van der Waals surface area (Å²) >= 11 is 12.4. The molecule has 2 unspecified atom stereocenters. The predicted octanol–water partition coefficient (Wildman–Crippen LogP) is 3.63. The van der Waals surface area contributed by atoms with Gasteiger partial charge in [0.15, 0.2) is 0 Å². The van der Waals surface area contributed by atoms with Crippen LogP contribution in [-0.4, -0.2) is 53.6 Å². The van der Waals surface area contributed by atoms with E-state index < -0.39 is 0 Å². The van der Waals surface area contributed by atoms with Crippen molar-refractivity contribution in [1.29, 1.82) is 0 Å². The molecule has 148 valence electrons. The second-order valence-electron chi connectivity index (χ2n) is 7.03. The van der Waals surface area contributed by atoms with Gasteiger partial charge in [-0.05, 0) is 30.9 Å². The maximum Gasteiger partial charge on any atom is 0.228 e. The normalized spacial score (nSPS) is 21.5. The number of halogens is 2. The Kier molecular flexibility index (Phi) is 5.60. The summed E-state index contributed by atoms with van der Waals surface area (Å²) in [6, 6.07) is 7.38. The van der Waals surface area contributed by atoms with Crippen molar-refractivity contribution in [2.45, 2.75) is 19.3 Å². The van der Waals surface area contributed by atoms with E-state index in [0.29, 0.717) is 54.7 Å². The fourth-order valence-corrected chi connectivity index (χ4v) is 4.14. The number of nitrogens with zero attached hydrogens (tertiary/aromatic N) is 4. The molecule has 2 atom stereocenters. The van der Waals surface area contributed by atoms with Gasteiger partial charge in [0.05, 0.1) is 16.7 Å². The van der Waals surface area contributed by atoms with Gasteiger partial charge in [-0.15, -0.1) is 0 Å². The molecule has 1 aliphatic heterocycles. The molecule has 0 radical (unpaired) electrons. The number of ether oxygens (including phenoxy) is 1. The van der Waals surface area contributed by atoms with Crippen LogP contribution in [0.3, 0.4) is 0 Å². The zero-order valence-electron chi connectivity index (χ0n) is 15.6. The molecule has 8 heteroatoms. The first-order chi connectivity index (χ1) is 13.6. The number of piperazine rings is 1. The first-order valence-electron chi connectivity index (χ1n) is 9.52. The second kappa shape index (κ2) is 8.13. The number of carbonyl (C=O) groups is 1. The Hall–Kier alpha value is -2.05. The number of hydrogen-bond acceptors (Lipinski definition) is 5. The summed E-state index contributed by atoms with van der Waals surface area (Å²) in [4.78, 5) is 25.7. The van der Waals surface area contributed by atoms with Crippen LogP contribution in [0.4, 0.5) is 5.95 Å². The van der Waals surface area contributed by atoms with Crippen LogP contribution in [-0.2, 0) is 4.79 Å². The Labute approximate surface area is 174 Å². The standard InChI is InChI=1S/C20H22Cl2N4O2/c1-2-28-17-6-7-23-20(24-17)26-10-8-25(9-11-26)19(27)15-12-14(15)13-4-3-5-16(21)18(13)22/h3-7,14-15H,2,8-12H2,1H3. The lowest BCUT2D eigenvalue weighted by atomic mass is 10.1. The molecule has 1 amide bonds. The summed E-state index contributed by atoms with van der Waals surface area (Å²) < 4.78 is 5.45. The van der Waals surface area contributed by atoms with Crippen molar-refractivity contribution < 1.29 is 9.53 Å². The summed E-state index contributed by atoms with van der Waals surface area (Å²) in [6.07, 6.45) is 2.53. The first kappa shape index (κ1) is 19.3. The topological polar surface area (TPSA) is 58.6 Å². The number of amides is 1. The van der Waals surface area contributed by atoms with E-state index in [4.69, 9.17) is 27.9 Å². The van der Waals surface area contributed by atoms with Crippen molar-refractivity contribution >= 4 is 35.1 Å². The van der Waals surface area contributed by atoms with Crippen LogP contribution in [0.2, 0.25) is 10.0 Å². The molecule has 28 heavy (non-hydrogen) atoms. The molecule has 0 spiro atoms. The number of rotatable bonds is 5. The average molecular weight is 421 g/mol. The first-order valence-corrected chi connectivity index (χ1v) is 10.3. The van der Waals surface area contributed by atoms with Gasteiger partial charge in [-0.1, -0.05) is 35.3 Å². The van der Waals surface area contributed by atoms with Crippen LogP contribution < -0.4 is 9.64 Å². The monoisotopic (exact) mass is 420 g/mol. The van der Waals surface area contributed by atoms with Crippen molar-refractivity contribution in [2.75, 3.05) is 37.7 Å². The van der Waals surface area contributed by atoms with Gasteiger partial charge in [0.1, 0.15) is 0 Å². The number of anilines is 1. The second-order valence-corrected chi connectivity index (χ2v) is 7.82. The maximum atomic E-state index is 12.9. The van der Waals surface area contributed by atoms with E-state index in [0.717, 1.165) is 12.0 Å². The van der Waals surface area contributed by atoms with Gasteiger partial charge >= 0.3 is 0 Å². The van der Waals surface area contributed by atoms with Crippen molar-refractivity contribution in [3.63, 3.8) is 0 Å². The summed E-state index contributed by atoms with van der Waals surface area (Å²) in [5.74, 6) is 1.59. The number of hydrogen-bond donors (Lipinski definition) is 0. The smallest absolute Gasteiger partial charge is 0.228 e. The van der Waals surface area contributed by atoms with Gasteiger partial charge in [0, 0.05) is 44.4 Å². The van der Waals surface area contributed by atoms with Gasteiger partial charge in [-0.25, -0.2) is 4.98 Å². The van der Waals surface area contributed by atoms with Gasteiger partial charge in [0.25, 0.3) is 0 Å². The van der Waals surface area contributed by atoms with Crippen LogP contribution >= 0.6 is 23.2 Å². The quantitative estimate of drug-likeness (QED) is 0.738. The minimum atomic E-state index is 0.0000452. The number of benzene rings is 1. The molecule has 0 N–H and O–H groups in total. The highest BCUT2D eigenvalue weighted by Gasteiger charge is 2.47. The van der Waals surface area contributed by atoms with E-state index in [1.165, 1.54) is 0 Å². The molecule has 4 rings (SSSR count). The van der Waals surface area contributed by atoms with Crippen molar-refractivity contribution in [2.24, 2.45) is 5.92 Å². The Bertz CT molecular complexity index is 871. The Morgan fingerprint density at radius 3 is 2.75 bits per heavy atom. The lowest BCUT2D eigenvalue weighted by Crippen LogP contribution is -2.49. The fraction of sp³-hybridized carbons (Fsp3) is 0.450. The van der Waals surface area contributed by atoms with E-state index in [2.05, 4.69) is 14.9 Å². The molecule has 2 fully saturated rings. The highest BCUT2D eigenvalue weighted by atomic mass is 35.5. The van der Waals surface area contributed by atoms with E-state index in [-0.39, 0.29) is 17.7 Å². The molecular formula is C20H22Cl2N4O2. The summed E-state index contributed by atoms with van der Waals surface area (Å²) in [7, 11) is 0. The predicted molar refractivity (Wildman–Crippen MR) is 109 cm³/mol. The van der Waals surface area contributed by atoms with Crippen LogP contribution in [0.5, 0.6) is 5.88 Å². The van der Waals surface area contributed by atoms with E-state index in [1.807, 2.05) is 24.0 Å². The third-order valence-corrected chi connectivity index (χ3v) is 6.11. The van der Waals surface area contributed by atoms with Crippen LogP contribution in [0.15, 0.2) is 30.5 Å². The van der Waals surface area contributed by atoms with Crippen molar-refractivity contribution in [3.05, 3.63) is 46.1 Å². The van der Waals surface area contributed by atoms with Crippen LogP contribution in [0.25, 0.3) is 0 Å². The lowest BCUT2D eigenvalue weighted by Gasteiger charge is -2.35. The zero-order chi connectivity index (χ0) is 19.7. The molecular weight excluding hydrogens is 399 g/mol. The minimum Gasteiger partial charge on any atom is -0.478 e. The van der Waals surface area contributed by atoms with Crippen molar-refractivity contribution in [1.82, 2.24) is 14.9 Å². The largest absolute Gasteiger partial charge is 0.478 e. The Morgan fingerprint density at radius 2 is 2.00 bits per heavy atom. The number of aromatic nitrogens is 2. The fourth-order valence-electron chi connectivity index (χ4n) is 3.69. The third kappa shape index (κ3) is 3.89. The molecule has 1 saturated heterocycles. The lowest BCUT2D eigenvalue weighted by molar-refractivity contribution is -0.133. The highest BCUT2D eigenvalue weighted by molar-refractivity contribution is 6.42. The zero-order valence-corrected chi connectivity index (χ0v) is 17.2. The maximum absolute atomic E-state index is 12.9. The summed E-state index contributed by atoms with van der Waals surface area (Å²) in [5, 5.41) is 1.11. The van der Waals surface area contributed by atoms with Gasteiger partial charge in [0.2, 0.25) is 17.7 Å². The summed E-state index contributed by atoms with van der Waals surface area (Å²) in [5.41, 5.74) is 0.979. The van der Waals surface area contributed by atoms with Gasteiger partial charge < -0.3 is 14.5 Å². The molecule has 1 aliphatic carbocycles. The molecule has 2 aromatic rings. The minimum absolute atomic E-state index is 0.0000452. The molecule has 2 aliphatic rings. The SMILES string of the molecule is CCOc1ccnc(N2CCN(C(=O)C3CC3c3cccc(Cl)c3Cl)CC2)n1. The van der Waals surface area contributed by atoms with Gasteiger partial charge in [-0.2, -0.15) is 4.98 Å². The molecule has 0 bridgehead atoms. The van der Waals surface area contributed by atoms with E-state index in [1.54, 1.807) is 18.3 Å².